The summed E-state index contributed by atoms with van der Waals surface area (Å²) in [7, 11) is -3.50. The molecule has 5 nitrogen and oxygen atoms in total. The SMILES string of the molecule is CC1=CCN(S(=O)(=O)c2cc(CNC3CC3)oc2Br)CC1. The van der Waals surface area contributed by atoms with Crippen molar-refractivity contribution in [2.75, 3.05) is 13.1 Å². The standard InChI is InChI=1S/C14H19BrN2O3S/c1-10-4-6-17(7-5-10)21(18,19)13-8-12(20-14(13)15)9-16-11-2-3-11/h4,8,11,16H,2-3,5-7,9H2,1H3. The molecule has 1 N–H and O–H groups in total. The maximum Gasteiger partial charge on any atom is 0.247 e. The van der Waals surface area contributed by atoms with E-state index >= 15 is 0 Å². The Morgan fingerprint density at radius 2 is 2.24 bits per heavy atom. The molecular formula is C14H19BrN2O3S. The summed E-state index contributed by atoms with van der Waals surface area (Å²) in [6, 6.07) is 2.18. The van der Waals surface area contributed by atoms with Crippen LogP contribution < -0.4 is 5.32 Å². The molecule has 3 rings (SSSR count). The third kappa shape index (κ3) is 3.41. The fraction of sp³-hybridized carbons (Fsp3) is 0.571. The fourth-order valence-corrected chi connectivity index (χ4v) is 4.64. The van der Waals surface area contributed by atoms with Crippen molar-refractivity contribution in [2.45, 2.75) is 43.7 Å². The zero-order chi connectivity index (χ0) is 15.0. The first-order valence-corrected chi connectivity index (χ1v) is 9.37. The molecule has 1 aromatic rings. The molecule has 1 aliphatic heterocycles. The molecule has 0 atom stereocenters. The molecule has 1 aromatic heterocycles. The van der Waals surface area contributed by atoms with E-state index in [0.29, 0.717) is 36.1 Å². The highest BCUT2D eigenvalue weighted by atomic mass is 79.9. The van der Waals surface area contributed by atoms with E-state index in [1.165, 1.54) is 22.7 Å². The van der Waals surface area contributed by atoms with Gasteiger partial charge < -0.3 is 9.73 Å². The molecule has 7 heteroatoms. The minimum atomic E-state index is -3.50. The van der Waals surface area contributed by atoms with Gasteiger partial charge in [0.15, 0.2) is 4.67 Å². The summed E-state index contributed by atoms with van der Waals surface area (Å²) in [5.74, 6) is 0.649. The van der Waals surface area contributed by atoms with Gasteiger partial charge in [-0.25, -0.2) is 8.42 Å². The summed E-state index contributed by atoms with van der Waals surface area (Å²) >= 11 is 3.24. The predicted molar refractivity (Wildman–Crippen MR) is 83.4 cm³/mol. The van der Waals surface area contributed by atoms with Crippen LogP contribution >= 0.6 is 15.9 Å². The summed E-state index contributed by atoms with van der Waals surface area (Å²) < 4.78 is 32.6. The van der Waals surface area contributed by atoms with Crippen molar-refractivity contribution in [2.24, 2.45) is 0 Å². The van der Waals surface area contributed by atoms with E-state index in [-0.39, 0.29) is 4.90 Å². The first kappa shape index (κ1) is 15.3. The highest BCUT2D eigenvalue weighted by molar-refractivity contribution is 9.10. The third-order valence-corrected chi connectivity index (χ3v) is 6.59. The quantitative estimate of drug-likeness (QED) is 0.804. The average Bonchev–Trinajstić information content (AvgIpc) is 3.19. The Labute approximate surface area is 133 Å². The van der Waals surface area contributed by atoms with Gasteiger partial charge in [0.05, 0.1) is 6.54 Å². The number of hydrogen-bond acceptors (Lipinski definition) is 4. The smallest absolute Gasteiger partial charge is 0.247 e. The minimum absolute atomic E-state index is 0.225. The Kier molecular flexibility index (Phi) is 4.27. The van der Waals surface area contributed by atoms with Crippen LogP contribution in [0.3, 0.4) is 0 Å². The Hall–Kier alpha value is -0.630. The Balaban J connectivity index is 1.77. The average molecular weight is 375 g/mol. The van der Waals surface area contributed by atoms with Gasteiger partial charge in [0.1, 0.15) is 10.7 Å². The lowest BCUT2D eigenvalue weighted by atomic mass is 10.1. The van der Waals surface area contributed by atoms with E-state index in [4.69, 9.17) is 4.42 Å². The van der Waals surface area contributed by atoms with Gasteiger partial charge >= 0.3 is 0 Å². The lowest BCUT2D eigenvalue weighted by Crippen LogP contribution is -2.34. The van der Waals surface area contributed by atoms with Crippen LogP contribution in [0.5, 0.6) is 0 Å². The van der Waals surface area contributed by atoms with Crippen molar-refractivity contribution in [3.63, 3.8) is 0 Å². The molecular weight excluding hydrogens is 356 g/mol. The number of sulfonamides is 1. The van der Waals surface area contributed by atoms with E-state index in [1.807, 2.05) is 13.0 Å². The van der Waals surface area contributed by atoms with Crippen LogP contribution in [0.15, 0.2) is 31.7 Å². The zero-order valence-corrected chi connectivity index (χ0v) is 14.3. The molecule has 116 valence electrons. The van der Waals surface area contributed by atoms with E-state index in [9.17, 15) is 8.42 Å². The maximum atomic E-state index is 12.7. The van der Waals surface area contributed by atoms with Gasteiger partial charge in [-0.2, -0.15) is 4.31 Å². The monoisotopic (exact) mass is 374 g/mol. The fourth-order valence-electron chi connectivity index (χ4n) is 2.30. The third-order valence-electron chi connectivity index (χ3n) is 3.87. The van der Waals surface area contributed by atoms with Gasteiger partial charge in [-0.3, -0.25) is 0 Å². The van der Waals surface area contributed by atoms with Gasteiger partial charge in [-0.1, -0.05) is 11.6 Å². The molecule has 1 fully saturated rings. The molecule has 21 heavy (non-hydrogen) atoms. The van der Waals surface area contributed by atoms with Crippen molar-refractivity contribution >= 4 is 26.0 Å². The molecule has 0 saturated heterocycles. The number of rotatable bonds is 5. The molecule has 2 aliphatic rings. The second-order valence-electron chi connectivity index (χ2n) is 5.67. The van der Waals surface area contributed by atoms with Gasteiger partial charge in [0.2, 0.25) is 10.0 Å². The number of nitrogens with one attached hydrogen (secondary N) is 1. The number of furan rings is 1. The minimum Gasteiger partial charge on any atom is -0.452 e. The Morgan fingerprint density at radius 3 is 2.86 bits per heavy atom. The largest absolute Gasteiger partial charge is 0.452 e. The van der Waals surface area contributed by atoms with E-state index < -0.39 is 10.0 Å². The molecule has 0 amide bonds. The van der Waals surface area contributed by atoms with Gasteiger partial charge in [-0.15, -0.1) is 0 Å². The highest BCUT2D eigenvalue weighted by Gasteiger charge is 2.30. The van der Waals surface area contributed by atoms with Crippen LogP contribution in [-0.2, 0) is 16.6 Å². The normalized spacial score (nSPS) is 20.6. The lowest BCUT2D eigenvalue weighted by Gasteiger charge is -2.24. The predicted octanol–water partition coefficient (Wildman–Crippen LogP) is 2.63. The summed E-state index contributed by atoms with van der Waals surface area (Å²) in [5, 5.41) is 3.32. The molecule has 2 heterocycles. The summed E-state index contributed by atoms with van der Waals surface area (Å²) in [6.07, 6.45) is 5.12. The Bertz CT molecular complexity index is 662. The first-order valence-electron chi connectivity index (χ1n) is 7.14. The van der Waals surface area contributed by atoms with Crippen LogP contribution in [0.4, 0.5) is 0 Å². The van der Waals surface area contributed by atoms with E-state index in [1.54, 1.807) is 6.07 Å². The van der Waals surface area contributed by atoms with Crippen molar-refractivity contribution in [3.8, 4) is 0 Å². The number of halogens is 1. The van der Waals surface area contributed by atoms with Crippen LogP contribution in [-0.4, -0.2) is 31.9 Å². The summed E-state index contributed by atoms with van der Waals surface area (Å²) in [4.78, 5) is 0.225. The van der Waals surface area contributed by atoms with Crippen LogP contribution in [0.2, 0.25) is 0 Å². The second kappa shape index (κ2) is 5.87. The van der Waals surface area contributed by atoms with Crippen molar-refractivity contribution in [1.29, 1.82) is 0 Å². The van der Waals surface area contributed by atoms with Crippen LogP contribution in [0.1, 0.15) is 31.9 Å². The number of nitrogens with zero attached hydrogens (tertiary/aromatic N) is 1. The van der Waals surface area contributed by atoms with Crippen LogP contribution in [0, 0.1) is 0 Å². The molecule has 0 unspecified atom stereocenters. The topological polar surface area (TPSA) is 62.6 Å². The van der Waals surface area contributed by atoms with E-state index in [2.05, 4.69) is 21.2 Å². The first-order chi connectivity index (χ1) is 9.96. The van der Waals surface area contributed by atoms with Crippen molar-refractivity contribution in [1.82, 2.24) is 9.62 Å². The molecule has 1 aliphatic carbocycles. The second-order valence-corrected chi connectivity index (χ2v) is 8.30. The summed E-state index contributed by atoms with van der Waals surface area (Å²) in [5.41, 5.74) is 1.24. The number of hydrogen-bond donors (Lipinski definition) is 1. The molecule has 0 aromatic carbocycles. The van der Waals surface area contributed by atoms with Crippen molar-refractivity contribution in [3.05, 3.63) is 28.1 Å². The molecule has 1 saturated carbocycles. The van der Waals surface area contributed by atoms with Gasteiger partial charge in [0.25, 0.3) is 0 Å². The van der Waals surface area contributed by atoms with E-state index in [0.717, 1.165) is 6.42 Å². The zero-order valence-electron chi connectivity index (χ0n) is 11.9. The summed E-state index contributed by atoms with van der Waals surface area (Å²) in [6.45, 7) is 3.55. The highest BCUT2D eigenvalue weighted by Crippen LogP contribution is 2.30. The molecule has 0 bridgehead atoms. The Morgan fingerprint density at radius 1 is 1.48 bits per heavy atom. The lowest BCUT2D eigenvalue weighted by molar-refractivity contribution is 0.427. The van der Waals surface area contributed by atoms with Crippen LogP contribution in [0.25, 0.3) is 0 Å². The molecule has 0 radical (unpaired) electrons. The van der Waals surface area contributed by atoms with Gasteiger partial charge in [-0.05, 0) is 42.1 Å². The van der Waals surface area contributed by atoms with Gasteiger partial charge in [0, 0.05) is 25.2 Å². The maximum absolute atomic E-state index is 12.7. The van der Waals surface area contributed by atoms with Crippen molar-refractivity contribution < 1.29 is 12.8 Å². The molecule has 0 spiro atoms.